The van der Waals surface area contributed by atoms with Gasteiger partial charge < -0.3 is 14.6 Å². The number of hydrogen-bond acceptors (Lipinski definition) is 4. The van der Waals surface area contributed by atoms with Crippen LogP contribution in [0.3, 0.4) is 0 Å². The molecule has 0 bridgehead atoms. The van der Waals surface area contributed by atoms with Gasteiger partial charge in [0.15, 0.2) is 0 Å². The number of aryl methyl sites for hydroxylation is 1. The topological polar surface area (TPSA) is 39.1 Å². The van der Waals surface area contributed by atoms with Gasteiger partial charge in [0.25, 0.3) is 0 Å². The fraction of sp³-hybridized carbons (Fsp3) is 0.786. The van der Waals surface area contributed by atoms with E-state index < -0.39 is 0 Å². The Morgan fingerprint density at radius 2 is 2.37 bits per heavy atom. The molecule has 19 heavy (non-hydrogen) atoms. The summed E-state index contributed by atoms with van der Waals surface area (Å²) in [4.78, 5) is 4.20. The largest absolute Gasteiger partial charge is 0.372 e. The first kappa shape index (κ1) is 13.5. The molecule has 106 valence electrons. The summed E-state index contributed by atoms with van der Waals surface area (Å²) in [7, 11) is 2.04. The minimum absolute atomic E-state index is 0.204. The van der Waals surface area contributed by atoms with E-state index in [1.165, 1.54) is 30.0 Å². The smallest absolute Gasteiger partial charge is 0.100 e. The van der Waals surface area contributed by atoms with Crippen LogP contribution in [0.25, 0.3) is 0 Å². The molecule has 2 aliphatic heterocycles. The van der Waals surface area contributed by atoms with Crippen molar-refractivity contribution in [1.29, 1.82) is 0 Å². The van der Waals surface area contributed by atoms with Crippen molar-refractivity contribution in [3.8, 4) is 0 Å². The van der Waals surface area contributed by atoms with Crippen LogP contribution in [0.15, 0.2) is 12.5 Å². The Balaban J connectivity index is 1.57. The van der Waals surface area contributed by atoms with Crippen LogP contribution in [0.5, 0.6) is 0 Å². The number of nitrogens with one attached hydrogen (secondary N) is 1. The van der Waals surface area contributed by atoms with Gasteiger partial charge in [-0.05, 0) is 31.4 Å². The van der Waals surface area contributed by atoms with Crippen molar-refractivity contribution in [2.24, 2.45) is 7.05 Å². The Morgan fingerprint density at radius 1 is 1.42 bits per heavy atom. The minimum atomic E-state index is 0.204. The third-order valence-corrected chi connectivity index (χ3v) is 5.31. The molecule has 1 aromatic rings. The second kappa shape index (κ2) is 6.29. The molecule has 1 N–H and O–H groups in total. The molecule has 5 heteroatoms. The second-order valence-corrected chi connectivity index (χ2v) is 6.74. The Hall–Kier alpha value is -0.520. The normalized spacial score (nSPS) is 32.4. The lowest BCUT2D eigenvalue weighted by Crippen LogP contribution is -2.44. The van der Waals surface area contributed by atoms with Gasteiger partial charge in [-0.15, -0.1) is 0 Å². The van der Waals surface area contributed by atoms with Gasteiger partial charge in [0.05, 0.1) is 18.2 Å². The number of rotatable bonds is 3. The van der Waals surface area contributed by atoms with E-state index >= 15 is 0 Å². The Kier molecular flexibility index (Phi) is 4.45. The molecule has 0 unspecified atom stereocenters. The molecule has 0 saturated carbocycles. The SMILES string of the molecule is Cn1cncc1[C@@H]1C[C@H](N[C@@H]2CCCSC2)CCO1. The molecular weight excluding hydrogens is 258 g/mol. The van der Waals surface area contributed by atoms with Gasteiger partial charge in [-0.25, -0.2) is 4.98 Å². The first-order valence-corrected chi connectivity index (χ1v) is 8.40. The highest BCUT2D eigenvalue weighted by Gasteiger charge is 2.27. The van der Waals surface area contributed by atoms with Crippen LogP contribution in [0, 0.1) is 0 Å². The maximum absolute atomic E-state index is 5.92. The quantitative estimate of drug-likeness (QED) is 0.921. The number of imidazole rings is 1. The molecule has 3 atom stereocenters. The predicted octanol–water partition coefficient (Wildman–Crippen LogP) is 2.13. The highest BCUT2D eigenvalue weighted by atomic mass is 32.2. The van der Waals surface area contributed by atoms with Crippen molar-refractivity contribution in [1.82, 2.24) is 14.9 Å². The molecule has 1 aromatic heterocycles. The summed E-state index contributed by atoms with van der Waals surface area (Å²) in [5, 5.41) is 3.84. The predicted molar refractivity (Wildman–Crippen MR) is 78.4 cm³/mol. The van der Waals surface area contributed by atoms with Crippen LogP contribution in [0.1, 0.15) is 37.5 Å². The fourth-order valence-electron chi connectivity index (χ4n) is 3.04. The standard InChI is InChI=1S/C14H23N3OS/c1-17-10-15-8-13(17)14-7-11(4-5-18-14)16-12-3-2-6-19-9-12/h8,10-12,14,16H,2-7,9H2,1H3/t11-,12-,14+/m1/s1. The van der Waals surface area contributed by atoms with E-state index in [2.05, 4.69) is 26.6 Å². The summed E-state index contributed by atoms with van der Waals surface area (Å²) in [6, 6.07) is 1.30. The molecule has 2 aliphatic rings. The maximum Gasteiger partial charge on any atom is 0.100 e. The van der Waals surface area contributed by atoms with Crippen molar-refractivity contribution >= 4 is 11.8 Å². The lowest BCUT2D eigenvalue weighted by Gasteiger charge is -2.34. The highest BCUT2D eigenvalue weighted by Crippen LogP contribution is 2.28. The van der Waals surface area contributed by atoms with E-state index in [0.717, 1.165) is 19.4 Å². The van der Waals surface area contributed by atoms with Crippen molar-refractivity contribution in [2.45, 2.75) is 43.9 Å². The molecule has 4 nitrogen and oxygen atoms in total. The van der Waals surface area contributed by atoms with Gasteiger partial charge in [0.2, 0.25) is 0 Å². The second-order valence-electron chi connectivity index (χ2n) is 5.59. The highest BCUT2D eigenvalue weighted by molar-refractivity contribution is 7.99. The zero-order valence-corrected chi connectivity index (χ0v) is 12.4. The summed E-state index contributed by atoms with van der Waals surface area (Å²) >= 11 is 2.08. The fourth-order valence-corrected chi connectivity index (χ4v) is 4.12. The van der Waals surface area contributed by atoms with Crippen molar-refractivity contribution in [2.75, 3.05) is 18.1 Å². The summed E-state index contributed by atoms with van der Waals surface area (Å²) in [5.74, 6) is 2.61. The van der Waals surface area contributed by atoms with Gasteiger partial charge in [0, 0.05) is 31.5 Å². The van der Waals surface area contributed by atoms with Gasteiger partial charge in [-0.3, -0.25) is 0 Å². The van der Waals surface area contributed by atoms with Crippen LogP contribution in [-0.4, -0.2) is 39.7 Å². The summed E-state index contributed by atoms with van der Waals surface area (Å²) < 4.78 is 7.99. The average molecular weight is 281 g/mol. The minimum Gasteiger partial charge on any atom is -0.372 e. The number of ether oxygens (including phenoxy) is 1. The third-order valence-electron chi connectivity index (χ3n) is 4.10. The summed E-state index contributed by atoms with van der Waals surface area (Å²) in [6.45, 7) is 0.855. The van der Waals surface area contributed by atoms with E-state index in [9.17, 15) is 0 Å². The Morgan fingerprint density at radius 3 is 3.11 bits per heavy atom. The lowest BCUT2D eigenvalue weighted by molar-refractivity contribution is -0.00541. The first-order chi connectivity index (χ1) is 9.33. The van der Waals surface area contributed by atoms with E-state index in [0.29, 0.717) is 12.1 Å². The Labute approximate surface area is 119 Å². The Bertz CT molecular complexity index is 403. The molecule has 0 aromatic carbocycles. The van der Waals surface area contributed by atoms with E-state index in [1.807, 2.05) is 19.6 Å². The van der Waals surface area contributed by atoms with E-state index in [1.54, 1.807) is 0 Å². The van der Waals surface area contributed by atoms with Crippen molar-refractivity contribution in [3.63, 3.8) is 0 Å². The number of hydrogen-bond donors (Lipinski definition) is 1. The molecule has 0 aliphatic carbocycles. The number of aromatic nitrogens is 2. The van der Waals surface area contributed by atoms with Gasteiger partial charge in [-0.1, -0.05) is 0 Å². The molecule has 0 spiro atoms. The first-order valence-electron chi connectivity index (χ1n) is 7.24. The molecule has 0 radical (unpaired) electrons. The van der Waals surface area contributed by atoms with Gasteiger partial charge in [0.1, 0.15) is 6.10 Å². The summed E-state index contributed by atoms with van der Waals surface area (Å²) in [6.07, 6.45) is 8.89. The number of thioether (sulfide) groups is 1. The summed E-state index contributed by atoms with van der Waals surface area (Å²) in [5.41, 5.74) is 1.20. The van der Waals surface area contributed by atoms with Crippen LogP contribution in [0.2, 0.25) is 0 Å². The van der Waals surface area contributed by atoms with Crippen molar-refractivity contribution in [3.05, 3.63) is 18.2 Å². The molecular formula is C14H23N3OS. The zero-order valence-electron chi connectivity index (χ0n) is 11.5. The van der Waals surface area contributed by atoms with Crippen LogP contribution in [0.4, 0.5) is 0 Å². The molecule has 0 amide bonds. The van der Waals surface area contributed by atoms with Gasteiger partial charge in [-0.2, -0.15) is 11.8 Å². The number of nitrogens with zero attached hydrogens (tertiary/aromatic N) is 2. The maximum atomic E-state index is 5.92. The third kappa shape index (κ3) is 3.33. The van der Waals surface area contributed by atoms with Gasteiger partial charge >= 0.3 is 0 Å². The van der Waals surface area contributed by atoms with E-state index in [-0.39, 0.29) is 6.10 Å². The lowest BCUT2D eigenvalue weighted by atomic mass is 9.99. The van der Waals surface area contributed by atoms with Crippen LogP contribution in [-0.2, 0) is 11.8 Å². The molecule has 3 heterocycles. The molecule has 2 fully saturated rings. The zero-order chi connectivity index (χ0) is 13.1. The van der Waals surface area contributed by atoms with Crippen LogP contribution < -0.4 is 5.32 Å². The van der Waals surface area contributed by atoms with Crippen LogP contribution >= 0.6 is 11.8 Å². The molecule has 2 saturated heterocycles. The average Bonchev–Trinajstić information content (AvgIpc) is 2.86. The van der Waals surface area contributed by atoms with Crippen molar-refractivity contribution < 1.29 is 4.74 Å². The van der Waals surface area contributed by atoms with E-state index in [4.69, 9.17) is 4.74 Å². The monoisotopic (exact) mass is 281 g/mol. The molecule has 3 rings (SSSR count).